The molecule has 26 heavy (non-hydrogen) atoms. The highest BCUT2D eigenvalue weighted by molar-refractivity contribution is 7.89. The lowest BCUT2D eigenvalue weighted by molar-refractivity contribution is -0.124. The molecule has 1 saturated heterocycles. The Morgan fingerprint density at radius 2 is 1.65 bits per heavy atom. The molecule has 1 unspecified atom stereocenters. The van der Waals surface area contributed by atoms with Gasteiger partial charge in [0.25, 0.3) is 0 Å². The van der Waals surface area contributed by atoms with Crippen molar-refractivity contribution in [3.05, 3.63) is 29.3 Å². The maximum atomic E-state index is 13.4. The van der Waals surface area contributed by atoms with Gasteiger partial charge in [-0.2, -0.15) is 4.31 Å². The molecule has 1 amide bonds. The van der Waals surface area contributed by atoms with Crippen molar-refractivity contribution in [3.63, 3.8) is 0 Å². The first kappa shape index (κ1) is 19.6. The van der Waals surface area contributed by atoms with Crippen molar-refractivity contribution in [1.82, 2.24) is 9.62 Å². The van der Waals surface area contributed by atoms with Crippen LogP contribution < -0.4 is 5.32 Å². The van der Waals surface area contributed by atoms with Gasteiger partial charge in [0, 0.05) is 18.1 Å². The number of carbonyl (C=O) groups excluding carboxylic acids is 1. The average molecular weight is 399 g/mol. The minimum Gasteiger partial charge on any atom is -0.355 e. The Morgan fingerprint density at radius 3 is 2.35 bits per heavy atom. The maximum absolute atomic E-state index is 13.4. The maximum Gasteiger partial charge on any atom is 0.243 e. The average Bonchev–Trinajstić information content (AvgIpc) is 2.85. The van der Waals surface area contributed by atoms with Crippen molar-refractivity contribution >= 4 is 27.5 Å². The summed E-state index contributed by atoms with van der Waals surface area (Å²) < 4.78 is 28.2. The summed E-state index contributed by atoms with van der Waals surface area (Å²) in [5, 5.41) is 3.37. The highest BCUT2D eigenvalue weighted by atomic mass is 35.5. The van der Waals surface area contributed by atoms with Crippen molar-refractivity contribution in [1.29, 1.82) is 0 Å². The van der Waals surface area contributed by atoms with Crippen LogP contribution in [0, 0.1) is 5.92 Å². The number of benzene rings is 1. The van der Waals surface area contributed by atoms with Gasteiger partial charge < -0.3 is 5.32 Å². The van der Waals surface area contributed by atoms with Gasteiger partial charge >= 0.3 is 0 Å². The van der Waals surface area contributed by atoms with Crippen molar-refractivity contribution < 1.29 is 13.2 Å². The number of nitrogens with zero attached hydrogens (tertiary/aromatic N) is 1. The summed E-state index contributed by atoms with van der Waals surface area (Å²) in [6, 6.07) is 5.60. The molecule has 1 aliphatic heterocycles. The van der Waals surface area contributed by atoms with E-state index in [9.17, 15) is 13.2 Å². The summed E-state index contributed by atoms with van der Waals surface area (Å²) >= 11 is 5.92. The first-order valence-corrected chi connectivity index (χ1v) is 11.4. The predicted octanol–water partition coefficient (Wildman–Crippen LogP) is 3.58. The molecule has 1 atom stereocenters. The monoisotopic (exact) mass is 398 g/mol. The molecule has 5 nitrogen and oxygen atoms in total. The van der Waals surface area contributed by atoms with E-state index < -0.39 is 16.1 Å². The number of rotatable bonds is 5. The minimum atomic E-state index is -3.75. The molecule has 0 radical (unpaired) electrons. The molecule has 0 spiro atoms. The zero-order valence-corrected chi connectivity index (χ0v) is 16.6. The van der Waals surface area contributed by atoms with Crippen LogP contribution in [0.25, 0.3) is 0 Å². The SMILES string of the molecule is O=C1NCCCCC1N(CC1CCCCC1)S(=O)(=O)c1ccc(Cl)cc1. The van der Waals surface area contributed by atoms with Crippen LogP contribution >= 0.6 is 11.6 Å². The molecule has 3 rings (SSSR count). The molecule has 1 aromatic rings. The highest BCUT2D eigenvalue weighted by Gasteiger charge is 2.37. The molecule has 0 aromatic heterocycles. The van der Waals surface area contributed by atoms with E-state index in [1.54, 1.807) is 12.1 Å². The molecule has 0 bridgehead atoms. The lowest BCUT2D eigenvalue weighted by Gasteiger charge is -2.33. The van der Waals surface area contributed by atoms with E-state index in [4.69, 9.17) is 11.6 Å². The van der Waals surface area contributed by atoms with Crippen LogP contribution in [0.3, 0.4) is 0 Å². The second-order valence-electron chi connectivity index (χ2n) is 7.34. The molecule has 2 aliphatic rings. The quantitative estimate of drug-likeness (QED) is 0.824. The lowest BCUT2D eigenvalue weighted by atomic mass is 9.89. The molecule has 1 saturated carbocycles. The first-order valence-electron chi connectivity index (χ1n) is 9.53. The van der Waals surface area contributed by atoms with Gasteiger partial charge in [-0.3, -0.25) is 4.79 Å². The van der Waals surface area contributed by atoms with E-state index in [-0.39, 0.29) is 10.8 Å². The van der Waals surface area contributed by atoms with Crippen molar-refractivity contribution in [2.75, 3.05) is 13.1 Å². The Kier molecular flexibility index (Phi) is 6.59. The summed E-state index contributed by atoms with van der Waals surface area (Å²) in [6.45, 7) is 1.04. The van der Waals surface area contributed by atoms with Crippen LogP contribution in [0.15, 0.2) is 29.2 Å². The third-order valence-electron chi connectivity index (χ3n) is 5.44. The summed E-state index contributed by atoms with van der Waals surface area (Å²) in [6.07, 6.45) is 7.85. The normalized spacial score (nSPS) is 22.8. The Morgan fingerprint density at radius 1 is 1.00 bits per heavy atom. The topological polar surface area (TPSA) is 66.5 Å². The summed E-state index contributed by atoms with van der Waals surface area (Å²) in [5.74, 6) is 0.151. The zero-order valence-electron chi connectivity index (χ0n) is 15.0. The Balaban J connectivity index is 1.92. The van der Waals surface area contributed by atoms with Crippen molar-refractivity contribution in [2.24, 2.45) is 5.92 Å². The summed E-state index contributed by atoms with van der Waals surface area (Å²) in [7, 11) is -3.75. The zero-order chi connectivity index (χ0) is 18.6. The Bertz CT molecular complexity index is 715. The van der Waals surface area contributed by atoms with Gasteiger partial charge in [-0.15, -0.1) is 0 Å². The molecule has 1 aromatic carbocycles. The number of carbonyl (C=O) groups is 1. The lowest BCUT2D eigenvalue weighted by Crippen LogP contribution is -2.50. The van der Waals surface area contributed by atoms with E-state index in [2.05, 4.69) is 5.32 Å². The second kappa shape index (κ2) is 8.72. The molecule has 7 heteroatoms. The summed E-state index contributed by atoms with van der Waals surface area (Å²) in [5.41, 5.74) is 0. The predicted molar refractivity (Wildman–Crippen MR) is 103 cm³/mol. The number of halogens is 1. The van der Waals surface area contributed by atoms with Crippen LogP contribution in [0.1, 0.15) is 51.4 Å². The van der Waals surface area contributed by atoms with Gasteiger partial charge in [-0.05, 0) is 62.3 Å². The van der Waals surface area contributed by atoms with E-state index >= 15 is 0 Å². The van der Waals surface area contributed by atoms with Crippen molar-refractivity contribution in [2.45, 2.75) is 62.3 Å². The number of nitrogens with one attached hydrogen (secondary N) is 1. The fourth-order valence-corrected chi connectivity index (χ4v) is 5.78. The third-order valence-corrected chi connectivity index (χ3v) is 7.58. The van der Waals surface area contributed by atoms with Gasteiger partial charge in [-0.25, -0.2) is 8.42 Å². The Labute approximate surface area is 161 Å². The fraction of sp³-hybridized carbons (Fsp3) is 0.632. The van der Waals surface area contributed by atoms with Gasteiger partial charge in [0.05, 0.1) is 4.90 Å². The number of hydrogen-bond acceptors (Lipinski definition) is 3. The van der Waals surface area contributed by atoms with E-state index in [0.29, 0.717) is 30.5 Å². The summed E-state index contributed by atoms with van der Waals surface area (Å²) in [4.78, 5) is 12.8. The number of hydrogen-bond donors (Lipinski definition) is 1. The molecule has 1 aliphatic carbocycles. The second-order valence-corrected chi connectivity index (χ2v) is 9.66. The van der Waals surface area contributed by atoms with Crippen LogP contribution in [0.4, 0.5) is 0 Å². The fourth-order valence-electron chi connectivity index (χ4n) is 3.96. The van der Waals surface area contributed by atoms with Crippen molar-refractivity contribution in [3.8, 4) is 0 Å². The molecular formula is C19H27ClN2O3S. The van der Waals surface area contributed by atoms with E-state index in [0.717, 1.165) is 38.5 Å². The molecular weight excluding hydrogens is 372 g/mol. The standard InChI is InChI=1S/C19H27ClN2O3S/c20-16-9-11-17(12-10-16)26(24,25)22(14-15-6-2-1-3-7-15)18-8-4-5-13-21-19(18)23/h9-12,15,18H,1-8,13-14H2,(H,21,23). The smallest absolute Gasteiger partial charge is 0.243 e. The molecule has 2 fully saturated rings. The highest BCUT2D eigenvalue weighted by Crippen LogP contribution is 2.30. The third kappa shape index (κ3) is 4.59. The van der Waals surface area contributed by atoms with E-state index in [1.165, 1.54) is 22.9 Å². The first-order chi connectivity index (χ1) is 12.5. The van der Waals surface area contributed by atoms with Crippen LogP contribution in [0.5, 0.6) is 0 Å². The van der Waals surface area contributed by atoms with Gasteiger partial charge in [0.1, 0.15) is 6.04 Å². The van der Waals surface area contributed by atoms with Crippen LogP contribution in [-0.4, -0.2) is 37.8 Å². The molecule has 1 heterocycles. The minimum absolute atomic E-state index is 0.171. The van der Waals surface area contributed by atoms with Crippen LogP contribution in [-0.2, 0) is 14.8 Å². The van der Waals surface area contributed by atoms with Crippen LogP contribution in [0.2, 0.25) is 5.02 Å². The number of sulfonamides is 1. The molecule has 144 valence electrons. The largest absolute Gasteiger partial charge is 0.355 e. The Hall–Kier alpha value is -1.11. The van der Waals surface area contributed by atoms with E-state index in [1.807, 2.05) is 0 Å². The van der Waals surface area contributed by atoms with Gasteiger partial charge in [-0.1, -0.05) is 30.9 Å². The van der Waals surface area contributed by atoms with Gasteiger partial charge in [0.2, 0.25) is 15.9 Å². The number of amides is 1. The molecule has 1 N–H and O–H groups in total. The van der Waals surface area contributed by atoms with Gasteiger partial charge in [0.15, 0.2) is 0 Å².